The van der Waals surface area contributed by atoms with Crippen LogP contribution in [0.4, 0.5) is 0 Å². The molecule has 0 saturated heterocycles. The SMILES string of the molecule is COC(=O)C#CCCc1ccccc1C. The van der Waals surface area contributed by atoms with Crippen LogP contribution in [0.2, 0.25) is 0 Å². The maximum absolute atomic E-state index is 10.7. The van der Waals surface area contributed by atoms with E-state index in [1.165, 1.54) is 18.2 Å². The third-order valence-electron chi connectivity index (χ3n) is 2.16. The minimum atomic E-state index is -0.472. The Balaban J connectivity index is 2.47. The van der Waals surface area contributed by atoms with Crippen LogP contribution >= 0.6 is 0 Å². The van der Waals surface area contributed by atoms with Crippen LogP contribution in [0.25, 0.3) is 0 Å². The van der Waals surface area contributed by atoms with Gasteiger partial charge in [-0.25, -0.2) is 4.79 Å². The molecule has 1 aromatic carbocycles. The first-order valence-electron chi connectivity index (χ1n) is 4.85. The van der Waals surface area contributed by atoms with E-state index in [-0.39, 0.29) is 0 Å². The Labute approximate surface area is 90.3 Å². The quantitative estimate of drug-likeness (QED) is 0.417. The summed E-state index contributed by atoms with van der Waals surface area (Å²) in [7, 11) is 1.33. The van der Waals surface area contributed by atoms with Crippen molar-refractivity contribution in [3.05, 3.63) is 35.4 Å². The van der Waals surface area contributed by atoms with Crippen molar-refractivity contribution in [3.63, 3.8) is 0 Å². The molecule has 2 heteroatoms. The highest BCUT2D eigenvalue weighted by atomic mass is 16.5. The predicted octanol–water partition coefficient (Wildman–Crippen LogP) is 2.10. The van der Waals surface area contributed by atoms with Crippen molar-refractivity contribution in [2.24, 2.45) is 0 Å². The number of carbonyl (C=O) groups excluding carboxylic acids is 1. The minimum Gasteiger partial charge on any atom is -0.459 e. The fourth-order valence-electron chi connectivity index (χ4n) is 1.27. The molecular formula is C13H14O2. The van der Waals surface area contributed by atoms with Gasteiger partial charge in [0, 0.05) is 12.3 Å². The molecule has 0 radical (unpaired) electrons. The Hall–Kier alpha value is -1.75. The van der Waals surface area contributed by atoms with E-state index in [1.54, 1.807) is 0 Å². The summed E-state index contributed by atoms with van der Waals surface area (Å²) < 4.78 is 4.41. The van der Waals surface area contributed by atoms with Crippen LogP contribution in [0.3, 0.4) is 0 Å². The second-order valence-corrected chi connectivity index (χ2v) is 3.22. The second kappa shape index (κ2) is 5.87. The lowest BCUT2D eigenvalue weighted by molar-refractivity contribution is -0.133. The number of ether oxygens (including phenoxy) is 1. The number of rotatable bonds is 2. The number of methoxy groups -OCH3 is 1. The summed E-state index contributed by atoms with van der Waals surface area (Å²) in [6.45, 7) is 2.07. The highest BCUT2D eigenvalue weighted by molar-refractivity contribution is 5.88. The molecule has 0 aliphatic heterocycles. The number of aryl methyl sites for hydroxylation is 2. The maximum atomic E-state index is 10.7. The predicted molar refractivity (Wildman–Crippen MR) is 59.3 cm³/mol. The summed E-state index contributed by atoms with van der Waals surface area (Å²) in [4.78, 5) is 10.7. The van der Waals surface area contributed by atoms with Crippen molar-refractivity contribution < 1.29 is 9.53 Å². The second-order valence-electron chi connectivity index (χ2n) is 3.22. The van der Waals surface area contributed by atoms with Crippen LogP contribution < -0.4 is 0 Å². The van der Waals surface area contributed by atoms with Crippen LogP contribution in [0.1, 0.15) is 17.5 Å². The lowest BCUT2D eigenvalue weighted by Gasteiger charge is -2.01. The fourth-order valence-corrected chi connectivity index (χ4v) is 1.27. The van der Waals surface area contributed by atoms with Gasteiger partial charge in [0.25, 0.3) is 0 Å². The Bertz CT molecular complexity index is 396. The zero-order chi connectivity index (χ0) is 11.1. The van der Waals surface area contributed by atoms with Gasteiger partial charge in [-0.05, 0) is 24.5 Å². The molecular weight excluding hydrogens is 188 g/mol. The number of hydrogen-bond acceptors (Lipinski definition) is 2. The van der Waals surface area contributed by atoms with Crippen molar-refractivity contribution in [1.29, 1.82) is 0 Å². The summed E-state index contributed by atoms with van der Waals surface area (Å²) in [6, 6.07) is 8.17. The van der Waals surface area contributed by atoms with Gasteiger partial charge < -0.3 is 4.74 Å². The van der Waals surface area contributed by atoms with Gasteiger partial charge in [-0.3, -0.25) is 0 Å². The zero-order valence-corrected chi connectivity index (χ0v) is 9.04. The first-order valence-corrected chi connectivity index (χ1v) is 4.85. The number of carbonyl (C=O) groups is 1. The van der Waals surface area contributed by atoms with E-state index in [4.69, 9.17) is 0 Å². The summed E-state index contributed by atoms with van der Waals surface area (Å²) in [5.41, 5.74) is 2.54. The van der Waals surface area contributed by atoms with Crippen LogP contribution in [0.15, 0.2) is 24.3 Å². The molecule has 1 rings (SSSR count). The molecule has 0 unspecified atom stereocenters. The van der Waals surface area contributed by atoms with Crippen LogP contribution in [-0.2, 0) is 16.0 Å². The van der Waals surface area contributed by atoms with Crippen LogP contribution in [0, 0.1) is 18.8 Å². The molecule has 0 bridgehead atoms. The van der Waals surface area contributed by atoms with Gasteiger partial charge in [0.1, 0.15) is 0 Å². The van der Waals surface area contributed by atoms with Gasteiger partial charge in [-0.15, -0.1) is 0 Å². The van der Waals surface area contributed by atoms with Gasteiger partial charge in [0.2, 0.25) is 0 Å². The standard InChI is InChI=1S/C13H14O2/c1-11-7-3-4-8-12(11)9-5-6-10-13(14)15-2/h3-4,7-8H,5,9H2,1-2H3. The number of benzene rings is 1. The molecule has 0 aromatic heterocycles. The zero-order valence-electron chi connectivity index (χ0n) is 9.04. The molecule has 0 aliphatic rings. The van der Waals surface area contributed by atoms with E-state index in [0.717, 1.165) is 6.42 Å². The smallest absolute Gasteiger partial charge is 0.384 e. The molecule has 0 atom stereocenters. The molecule has 0 spiro atoms. The van der Waals surface area contributed by atoms with Crippen molar-refractivity contribution in [2.45, 2.75) is 19.8 Å². The Kier molecular flexibility index (Phi) is 4.43. The molecule has 78 valence electrons. The lowest BCUT2D eigenvalue weighted by Crippen LogP contribution is -1.94. The van der Waals surface area contributed by atoms with E-state index in [1.807, 2.05) is 12.1 Å². The number of esters is 1. The Morgan fingerprint density at radius 1 is 1.40 bits per heavy atom. The molecule has 2 nitrogen and oxygen atoms in total. The van der Waals surface area contributed by atoms with Gasteiger partial charge in [0.15, 0.2) is 0 Å². The van der Waals surface area contributed by atoms with Crippen molar-refractivity contribution in [3.8, 4) is 11.8 Å². The average Bonchev–Trinajstić information content (AvgIpc) is 2.26. The monoisotopic (exact) mass is 202 g/mol. The van der Waals surface area contributed by atoms with Crippen molar-refractivity contribution in [1.82, 2.24) is 0 Å². The largest absolute Gasteiger partial charge is 0.459 e. The van der Waals surface area contributed by atoms with Gasteiger partial charge in [-0.2, -0.15) is 0 Å². The summed E-state index contributed by atoms with van der Waals surface area (Å²) >= 11 is 0. The number of hydrogen-bond donors (Lipinski definition) is 0. The van der Waals surface area contributed by atoms with Gasteiger partial charge in [-0.1, -0.05) is 30.2 Å². The highest BCUT2D eigenvalue weighted by Crippen LogP contribution is 2.08. The molecule has 0 amide bonds. The van der Waals surface area contributed by atoms with E-state index < -0.39 is 5.97 Å². The topological polar surface area (TPSA) is 26.3 Å². The molecule has 0 heterocycles. The Morgan fingerprint density at radius 2 is 2.13 bits per heavy atom. The van der Waals surface area contributed by atoms with Crippen LogP contribution in [-0.4, -0.2) is 13.1 Å². The lowest BCUT2D eigenvalue weighted by atomic mass is 10.0. The highest BCUT2D eigenvalue weighted by Gasteiger charge is 1.95. The summed E-state index contributed by atoms with van der Waals surface area (Å²) in [5, 5.41) is 0. The normalized spacial score (nSPS) is 8.93. The first kappa shape index (κ1) is 11.3. The fraction of sp³-hybridized carbons (Fsp3) is 0.308. The average molecular weight is 202 g/mol. The molecule has 0 saturated carbocycles. The molecule has 1 aromatic rings. The van der Waals surface area contributed by atoms with Crippen molar-refractivity contribution in [2.75, 3.05) is 7.11 Å². The van der Waals surface area contributed by atoms with E-state index in [2.05, 4.69) is 35.6 Å². The molecule has 15 heavy (non-hydrogen) atoms. The molecule has 0 aliphatic carbocycles. The third kappa shape index (κ3) is 3.86. The van der Waals surface area contributed by atoms with Crippen molar-refractivity contribution >= 4 is 5.97 Å². The first-order chi connectivity index (χ1) is 7.24. The van der Waals surface area contributed by atoms with E-state index >= 15 is 0 Å². The van der Waals surface area contributed by atoms with Gasteiger partial charge >= 0.3 is 5.97 Å². The summed E-state index contributed by atoms with van der Waals surface area (Å²) in [5.74, 6) is 4.73. The van der Waals surface area contributed by atoms with Crippen LogP contribution in [0.5, 0.6) is 0 Å². The molecule has 0 N–H and O–H groups in total. The summed E-state index contributed by atoms with van der Waals surface area (Å²) in [6.07, 6.45) is 1.55. The van der Waals surface area contributed by atoms with E-state index in [0.29, 0.717) is 6.42 Å². The maximum Gasteiger partial charge on any atom is 0.384 e. The molecule has 0 fully saturated rings. The van der Waals surface area contributed by atoms with Gasteiger partial charge in [0.05, 0.1) is 7.11 Å². The third-order valence-corrected chi connectivity index (χ3v) is 2.16. The minimum absolute atomic E-state index is 0.472. The van der Waals surface area contributed by atoms with E-state index in [9.17, 15) is 4.79 Å². The Morgan fingerprint density at radius 3 is 2.80 bits per heavy atom.